The molecule has 0 atom stereocenters. The number of hydrogen-bond acceptors (Lipinski definition) is 2. The summed E-state index contributed by atoms with van der Waals surface area (Å²) in [5, 5.41) is 0. The van der Waals surface area contributed by atoms with Crippen molar-refractivity contribution in [1.29, 1.82) is 0 Å². The monoisotopic (exact) mass is 270 g/mol. The fraction of sp³-hybridized carbons (Fsp3) is 0.389. The van der Waals surface area contributed by atoms with E-state index >= 15 is 0 Å². The van der Waals surface area contributed by atoms with Gasteiger partial charge >= 0.3 is 0 Å². The van der Waals surface area contributed by atoms with Crippen LogP contribution >= 0.6 is 0 Å². The number of aryl methyl sites for hydroxylation is 1. The van der Waals surface area contributed by atoms with Gasteiger partial charge in [-0.05, 0) is 43.9 Å². The lowest BCUT2D eigenvalue weighted by Crippen LogP contribution is -2.13. The first kappa shape index (κ1) is 14.6. The summed E-state index contributed by atoms with van der Waals surface area (Å²) in [6, 6.07) is 8.23. The van der Waals surface area contributed by atoms with E-state index < -0.39 is 0 Å². The number of Topliss-reactive ketones (excluding diaryl/α,β-unsaturated/α-hetero) is 1. The zero-order valence-corrected chi connectivity index (χ0v) is 12.3. The van der Waals surface area contributed by atoms with Crippen molar-refractivity contribution in [1.82, 2.24) is 0 Å². The molecule has 0 fully saturated rings. The molecule has 0 saturated carbocycles. The fourth-order valence-electron chi connectivity index (χ4n) is 2.26. The van der Waals surface area contributed by atoms with Gasteiger partial charge in [0.1, 0.15) is 0 Å². The van der Waals surface area contributed by atoms with Crippen molar-refractivity contribution in [3.63, 3.8) is 0 Å². The summed E-state index contributed by atoms with van der Waals surface area (Å²) in [5.74, 6) is 0.579. The Morgan fingerprint density at radius 3 is 2.65 bits per heavy atom. The van der Waals surface area contributed by atoms with Gasteiger partial charge in [-0.25, -0.2) is 0 Å². The minimum absolute atomic E-state index is 0.0483. The molecule has 1 aliphatic heterocycles. The van der Waals surface area contributed by atoms with Crippen LogP contribution in [-0.4, -0.2) is 12.4 Å². The van der Waals surface area contributed by atoms with Crippen molar-refractivity contribution in [2.45, 2.75) is 39.5 Å². The largest absolute Gasteiger partial charge is 0.490 e. The number of carbonyl (C=O) groups excluding carboxylic acids is 1. The van der Waals surface area contributed by atoms with Gasteiger partial charge in [0.25, 0.3) is 0 Å². The fourth-order valence-corrected chi connectivity index (χ4v) is 2.26. The third-order valence-electron chi connectivity index (χ3n) is 3.39. The highest BCUT2D eigenvalue weighted by Gasteiger charge is 2.17. The summed E-state index contributed by atoms with van der Waals surface area (Å²) < 4.78 is 5.49. The van der Waals surface area contributed by atoms with Crippen molar-refractivity contribution >= 4 is 11.9 Å². The average Bonchev–Trinajstić information content (AvgIpc) is 2.49. The van der Waals surface area contributed by atoms with E-state index in [1.54, 1.807) is 0 Å². The van der Waals surface area contributed by atoms with Crippen LogP contribution in [0, 0.1) is 6.92 Å². The molecule has 0 aromatic heterocycles. The van der Waals surface area contributed by atoms with Crippen molar-refractivity contribution in [3.8, 4) is 0 Å². The Morgan fingerprint density at radius 1 is 1.30 bits per heavy atom. The molecule has 0 bridgehead atoms. The molecule has 2 heteroatoms. The molecular weight excluding hydrogens is 248 g/mol. The zero-order valence-electron chi connectivity index (χ0n) is 12.3. The van der Waals surface area contributed by atoms with Crippen LogP contribution < -0.4 is 0 Å². The number of benzene rings is 1. The normalized spacial score (nSPS) is 15.5. The molecule has 1 aromatic rings. The summed E-state index contributed by atoms with van der Waals surface area (Å²) in [6.45, 7) is 4.81. The first-order chi connectivity index (χ1) is 9.70. The van der Waals surface area contributed by atoms with Crippen LogP contribution in [0.4, 0.5) is 0 Å². The number of carbonyl (C=O) groups is 1. The lowest BCUT2D eigenvalue weighted by Gasteiger charge is -2.15. The summed E-state index contributed by atoms with van der Waals surface area (Å²) in [7, 11) is 0. The molecule has 0 amide bonds. The van der Waals surface area contributed by atoms with E-state index in [-0.39, 0.29) is 5.78 Å². The maximum atomic E-state index is 12.5. The van der Waals surface area contributed by atoms with Gasteiger partial charge in [0.05, 0.1) is 6.61 Å². The lowest BCUT2D eigenvalue weighted by atomic mass is 9.99. The number of allylic oxidation sites excluding steroid dienone is 2. The number of ketones is 1. The first-order valence-corrected chi connectivity index (χ1v) is 7.35. The second-order valence-corrected chi connectivity index (χ2v) is 5.22. The van der Waals surface area contributed by atoms with Crippen LogP contribution in [0.25, 0.3) is 6.08 Å². The average molecular weight is 270 g/mol. The highest BCUT2D eigenvalue weighted by molar-refractivity contribution is 6.09. The van der Waals surface area contributed by atoms with Gasteiger partial charge < -0.3 is 4.74 Å². The Labute approximate surface area is 121 Å². The smallest absolute Gasteiger partial charge is 0.223 e. The molecule has 0 saturated heterocycles. The third-order valence-corrected chi connectivity index (χ3v) is 3.39. The Kier molecular flexibility index (Phi) is 5.16. The third kappa shape index (κ3) is 3.83. The van der Waals surface area contributed by atoms with Gasteiger partial charge in [-0.3, -0.25) is 4.79 Å². The van der Waals surface area contributed by atoms with Crippen molar-refractivity contribution in [2.24, 2.45) is 0 Å². The van der Waals surface area contributed by atoms with E-state index in [9.17, 15) is 4.79 Å². The number of hydrogen-bond donors (Lipinski definition) is 0. The molecule has 0 aliphatic carbocycles. The Bertz CT molecular complexity index is 521. The first-order valence-electron chi connectivity index (χ1n) is 7.35. The maximum Gasteiger partial charge on any atom is 0.223 e. The highest BCUT2D eigenvalue weighted by Crippen LogP contribution is 2.20. The maximum absolute atomic E-state index is 12.5. The number of rotatable bonds is 5. The van der Waals surface area contributed by atoms with Gasteiger partial charge in [-0.15, -0.1) is 0 Å². The molecule has 1 heterocycles. The summed E-state index contributed by atoms with van der Waals surface area (Å²) in [5.41, 5.74) is 3.14. The second kappa shape index (κ2) is 7.09. The molecule has 106 valence electrons. The second-order valence-electron chi connectivity index (χ2n) is 5.22. The topological polar surface area (TPSA) is 26.3 Å². The molecule has 0 radical (unpaired) electrons. The van der Waals surface area contributed by atoms with Crippen LogP contribution in [0.5, 0.6) is 0 Å². The van der Waals surface area contributed by atoms with Crippen molar-refractivity contribution in [3.05, 3.63) is 52.8 Å². The van der Waals surface area contributed by atoms with E-state index in [4.69, 9.17) is 4.74 Å². The molecular formula is C18H22O2. The molecule has 1 aromatic carbocycles. The summed E-state index contributed by atoms with van der Waals surface area (Å²) in [6.07, 6.45) is 7.59. The molecule has 2 rings (SSSR count). The van der Waals surface area contributed by atoms with E-state index in [1.165, 1.54) is 5.56 Å². The molecule has 0 spiro atoms. The van der Waals surface area contributed by atoms with Crippen LogP contribution in [-0.2, 0) is 9.53 Å². The molecule has 1 aliphatic rings. The quantitative estimate of drug-likeness (QED) is 0.739. The molecule has 2 nitrogen and oxygen atoms in total. The van der Waals surface area contributed by atoms with Crippen LogP contribution in [0.3, 0.4) is 0 Å². The van der Waals surface area contributed by atoms with Gasteiger partial charge in [0.15, 0.2) is 5.76 Å². The summed E-state index contributed by atoms with van der Waals surface area (Å²) in [4.78, 5) is 12.5. The van der Waals surface area contributed by atoms with Gasteiger partial charge in [0.2, 0.25) is 5.78 Å². The molecule has 20 heavy (non-hydrogen) atoms. The highest BCUT2D eigenvalue weighted by atomic mass is 16.5. The predicted molar refractivity (Wildman–Crippen MR) is 82.3 cm³/mol. The molecule has 0 unspecified atom stereocenters. The SMILES string of the molecule is CCC/C(=C\c1ccc(C)cc1)C(=O)C1=CCCCO1. The summed E-state index contributed by atoms with van der Waals surface area (Å²) >= 11 is 0. The Morgan fingerprint density at radius 2 is 2.05 bits per heavy atom. The van der Waals surface area contributed by atoms with E-state index in [0.717, 1.165) is 36.8 Å². The van der Waals surface area contributed by atoms with Gasteiger partial charge in [-0.2, -0.15) is 0 Å². The van der Waals surface area contributed by atoms with Crippen LogP contribution in [0.1, 0.15) is 43.7 Å². The van der Waals surface area contributed by atoms with Crippen molar-refractivity contribution < 1.29 is 9.53 Å². The van der Waals surface area contributed by atoms with Crippen LogP contribution in [0.2, 0.25) is 0 Å². The van der Waals surface area contributed by atoms with E-state index in [2.05, 4.69) is 26.0 Å². The minimum atomic E-state index is 0.0483. The van der Waals surface area contributed by atoms with Gasteiger partial charge in [-0.1, -0.05) is 43.2 Å². The lowest BCUT2D eigenvalue weighted by molar-refractivity contribution is -0.115. The van der Waals surface area contributed by atoms with Crippen LogP contribution in [0.15, 0.2) is 41.7 Å². The number of ether oxygens (including phenoxy) is 1. The van der Waals surface area contributed by atoms with E-state index in [0.29, 0.717) is 12.4 Å². The molecule has 0 N–H and O–H groups in total. The minimum Gasteiger partial charge on any atom is -0.490 e. The standard InChI is InChI=1S/C18H22O2/c1-3-6-16(13-15-10-8-14(2)9-11-15)18(19)17-7-4-5-12-20-17/h7-11,13H,3-6,12H2,1-2H3/b16-13+. The van der Waals surface area contributed by atoms with Gasteiger partial charge in [0, 0.05) is 5.57 Å². The predicted octanol–water partition coefficient (Wildman–Crippen LogP) is 4.44. The van der Waals surface area contributed by atoms with Crippen molar-refractivity contribution in [2.75, 3.05) is 6.61 Å². The zero-order chi connectivity index (χ0) is 14.4. The van der Waals surface area contributed by atoms with E-state index in [1.807, 2.05) is 24.3 Å². The Hall–Kier alpha value is -1.83. The Balaban J connectivity index is 2.23.